The summed E-state index contributed by atoms with van der Waals surface area (Å²) in [4.78, 5) is 24.4. The van der Waals surface area contributed by atoms with Crippen LogP contribution in [0.1, 0.15) is 24.2 Å². The van der Waals surface area contributed by atoms with Crippen LogP contribution in [0.3, 0.4) is 0 Å². The summed E-state index contributed by atoms with van der Waals surface area (Å²) < 4.78 is 11.7. The van der Waals surface area contributed by atoms with E-state index in [1.54, 1.807) is 37.4 Å². The number of hydrogen-bond donors (Lipinski definition) is 3. The summed E-state index contributed by atoms with van der Waals surface area (Å²) >= 11 is 3.35. The first kappa shape index (κ1) is 20.6. The Morgan fingerprint density at radius 3 is 2.52 bits per heavy atom. The highest BCUT2D eigenvalue weighted by Gasteiger charge is 2.15. The average Bonchev–Trinajstić information content (AvgIpc) is 2.64. The van der Waals surface area contributed by atoms with Gasteiger partial charge in [0, 0.05) is 4.47 Å². The number of amides is 2. The van der Waals surface area contributed by atoms with E-state index in [0.29, 0.717) is 22.7 Å². The fraction of sp³-hybridized carbons (Fsp3) is 0.263. The molecule has 0 spiro atoms. The van der Waals surface area contributed by atoms with Crippen molar-refractivity contribution in [1.29, 1.82) is 0 Å². The van der Waals surface area contributed by atoms with Crippen LogP contribution < -0.4 is 25.6 Å². The van der Waals surface area contributed by atoms with Crippen LogP contribution in [0.4, 0.5) is 5.69 Å². The number of benzene rings is 2. The number of carbonyl (C=O) groups excluding carboxylic acids is 2. The van der Waals surface area contributed by atoms with Crippen molar-refractivity contribution < 1.29 is 19.1 Å². The standard InChI is InChI=1S/C19H22BrN3O4/c1-12(2)27-17-10-13(20)8-9-14(17)19(25)23-22-18(24)11-21-15-6-4-5-7-16(15)26-3/h4-10,12,21H,11H2,1-3H3,(H,22,24)(H,23,25). The molecule has 0 saturated heterocycles. The molecule has 2 aromatic carbocycles. The lowest BCUT2D eigenvalue weighted by molar-refractivity contribution is -0.120. The third kappa shape index (κ3) is 6.18. The second-order valence-electron chi connectivity index (χ2n) is 5.86. The lowest BCUT2D eigenvalue weighted by Gasteiger charge is -2.15. The van der Waals surface area contributed by atoms with Gasteiger partial charge in [0.1, 0.15) is 11.5 Å². The Morgan fingerprint density at radius 2 is 1.81 bits per heavy atom. The van der Waals surface area contributed by atoms with Crippen LogP contribution in [0.15, 0.2) is 46.9 Å². The van der Waals surface area contributed by atoms with E-state index in [1.165, 1.54) is 0 Å². The van der Waals surface area contributed by atoms with Crippen molar-refractivity contribution in [2.45, 2.75) is 20.0 Å². The van der Waals surface area contributed by atoms with Gasteiger partial charge in [-0.25, -0.2) is 0 Å². The van der Waals surface area contributed by atoms with Gasteiger partial charge in [0.25, 0.3) is 11.8 Å². The third-order valence-electron chi connectivity index (χ3n) is 3.41. The number of carbonyl (C=O) groups is 2. The maximum absolute atomic E-state index is 12.4. The first-order valence-electron chi connectivity index (χ1n) is 8.33. The molecule has 144 valence electrons. The number of nitrogens with one attached hydrogen (secondary N) is 3. The zero-order valence-electron chi connectivity index (χ0n) is 15.3. The van der Waals surface area contributed by atoms with Crippen molar-refractivity contribution in [3.63, 3.8) is 0 Å². The van der Waals surface area contributed by atoms with Gasteiger partial charge in [0.15, 0.2) is 0 Å². The van der Waals surface area contributed by atoms with E-state index in [1.807, 2.05) is 26.0 Å². The lowest BCUT2D eigenvalue weighted by Crippen LogP contribution is -2.44. The molecule has 0 atom stereocenters. The SMILES string of the molecule is COc1ccccc1NCC(=O)NNC(=O)c1ccc(Br)cc1OC(C)C. The Kier molecular flexibility index (Phi) is 7.48. The molecule has 0 heterocycles. The molecule has 0 bridgehead atoms. The van der Waals surface area contributed by atoms with Crippen molar-refractivity contribution in [2.24, 2.45) is 0 Å². The molecule has 0 aromatic heterocycles. The van der Waals surface area contributed by atoms with Crippen molar-refractivity contribution in [3.8, 4) is 11.5 Å². The Morgan fingerprint density at radius 1 is 1.07 bits per heavy atom. The second kappa shape index (κ2) is 9.82. The fourth-order valence-corrected chi connectivity index (χ4v) is 2.58. The van der Waals surface area contributed by atoms with Gasteiger partial charge < -0.3 is 14.8 Å². The molecule has 0 radical (unpaired) electrons. The molecule has 8 heteroatoms. The minimum Gasteiger partial charge on any atom is -0.495 e. The first-order valence-corrected chi connectivity index (χ1v) is 9.12. The van der Waals surface area contributed by atoms with Crippen LogP contribution in [-0.2, 0) is 4.79 Å². The maximum atomic E-state index is 12.4. The Bertz CT molecular complexity index is 811. The van der Waals surface area contributed by atoms with Gasteiger partial charge in [0.2, 0.25) is 0 Å². The summed E-state index contributed by atoms with van der Waals surface area (Å²) in [6.45, 7) is 3.71. The summed E-state index contributed by atoms with van der Waals surface area (Å²) in [5.74, 6) is 0.180. The minimum atomic E-state index is -0.469. The monoisotopic (exact) mass is 435 g/mol. The van der Waals surface area contributed by atoms with E-state index in [2.05, 4.69) is 32.1 Å². The lowest BCUT2D eigenvalue weighted by atomic mass is 10.2. The normalized spacial score (nSPS) is 10.3. The predicted octanol–water partition coefficient (Wildman–Crippen LogP) is 3.12. The van der Waals surface area contributed by atoms with E-state index >= 15 is 0 Å². The van der Waals surface area contributed by atoms with Crippen molar-refractivity contribution in [1.82, 2.24) is 10.9 Å². The molecular weight excluding hydrogens is 414 g/mol. The smallest absolute Gasteiger partial charge is 0.273 e. The molecule has 2 aromatic rings. The number of ether oxygens (including phenoxy) is 2. The molecule has 7 nitrogen and oxygen atoms in total. The molecule has 0 saturated carbocycles. The van der Waals surface area contributed by atoms with Crippen molar-refractivity contribution >= 4 is 33.4 Å². The first-order chi connectivity index (χ1) is 12.9. The van der Waals surface area contributed by atoms with E-state index in [-0.39, 0.29) is 12.6 Å². The second-order valence-corrected chi connectivity index (χ2v) is 6.78. The number of halogens is 1. The molecule has 0 unspecified atom stereocenters. The molecule has 2 amide bonds. The molecule has 0 fully saturated rings. The van der Waals surface area contributed by atoms with Crippen LogP contribution in [0, 0.1) is 0 Å². The Hall–Kier alpha value is -2.74. The number of anilines is 1. The zero-order chi connectivity index (χ0) is 19.8. The zero-order valence-corrected chi connectivity index (χ0v) is 16.9. The summed E-state index contributed by atoms with van der Waals surface area (Å²) in [7, 11) is 1.55. The van der Waals surface area contributed by atoms with Gasteiger partial charge in [-0.1, -0.05) is 28.1 Å². The summed E-state index contributed by atoms with van der Waals surface area (Å²) in [5, 5.41) is 2.95. The van der Waals surface area contributed by atoms with Gasteiger partial charge in [-0.3, -0.25) is 20.4 Å². The van der Waals surface area contributed by atoms with Gasteiger partial charge in [-0.05, 0) is 44.2 Å². The average molecular weight is 436 g/mol. The largest absolute Gasteiger partial charge is 0.495 e. The topological polar surface area (TPSA) is 88.7 Å². The summed E-state index contributed by atoms with van der Waals surface area (Å²) in [5.41, 5.74) is 5.77. The highest BCUT2D eigenvalue weighted by molar-refractivity contribution is 9.10. The van der Waals surface area contributed by atoms with Gasteiger partial charge in [-0.15, -0.1) is 0 Å². The summed E-state index contributed by atoms with van der Waals surface area (Å²) in [6, 6.07) is 12.3. The van der Waals surface area contributed by atoms with Crippen LogP contribution in [0.25, 0.3) is 0 Å². The molecule has 0 aliphatic carbocycles. The van der Waals surface area contributed by atoms with Crippen LogP contribution in [-0.4, -0.2) is 31.6 Å². The van der Waals surface area contributed by atoms with Crippen LogP contribution >= 0.6 is 15.9 Å². The molecule has 2 rings (SSSR count). The van der Waals surface area contributed by atoms with Crippen LogP contribution in [0.2, 0.25) is 0 Å². The van der Waals surface area contributed by atoms with Crippen molar-refractivity contribution in [2.75, 3.05) is 19.0 Å². The molecule has 27 heavy (non-hydrogen) atoms. The van der Waals surface area contributed by atoms with E-state index in [9.17, 15) is 9.59 Å². The van der Waals surface area contributed by atoms with Gasteiger partial charge in [-0.2, -0.15) is 0 Å². The Labute approximate surface area is 166 Å². The molecular formula is C19H22BrN3O4. The molecule has 3 N–H and O–H groups in total. The highest BCUT2D eigenvalue weighted by Crippen LogP contribution is 2.25. The maximum Gasteiger partial charge on any atom is 0.273 e. The Balaban J connectivity index is 1.92. The van der Waals surface area contributed by atoms with Crippen molar-refractivity contribution in [3.05, 3.63) is 52.5 Å². The number of hydrazine groups is 1. The number of rotatable bonds is 7. The van der Waals surface area contributed by atoms with E-state index in [4.69, 9.17) is 9.47 Å². The quantitative estimate of drug-likeness (QED) is 0.581. The van der Waals surface area contributed by atoms with Gasteiger partial charge in [0.05, 0.1) is 31.0 Å². The molecule has 0 aliphatic rings. The van der Waals surface area contributed by atoms with E-state index in [0.717, 1.165) is 4.47 Å². The minimum absolute atomic E-state index is 0.0314. The highest BCUT2D eigenvalue weighted by atomic mass is 79.9. The van der Waals surface area contributed by atoms with E-state index < -0.39 is 11.8 Å². The predicted molar refractivity (Wildman–Crippen MR) is 107 cm³/mol. The van der Waals surface area contributed by atoms with Crippen LogP contribution in [0.5, 0.6) is 11.5 Å². The fourth-order valence-electron chi connectivity index (χ4n) is 2.24. The number of methoxy groups -OCH3 is 1. The van der Waals surface area contributed by atoms with Gasteiger partial charge >= 0.3 is 0 Å². The molecule has 0 aliphatic heterocycles. The summed E-state index contributed by atoms with van der Waals surface area (Å²) in [6.07, 6.45) is -0.0921. The number of para-hydroxylation sites is 2. The number of hydrogen-bond acceptors (Lipinski definition) is 5. The third-order valence-corrected chi connectivity index (χ3v) is 3.91.